The molecule has 2 aromatic carbocycles. The molecule has 0 fully saturated rings. The van der Waals surface area contributed by atoms with Crippen LogP contribution in [0.2, 0.25) is 5.02 Å². The third-order valence-corrected chi connectivity index (χ3v) is 5.25. The number of nitro benzene ring substituents is 1. The van der Waals surface area contributed by atoms with E-state index >= 15 is 0 Å². The lowest BCUT2D eigenvalue weighted by Crippen LogP contribution is -2.15. The first-order valence-electron chi connectivity index (χ1n) is 10.5. The minimum atomic E-state index is -0.424. The van der Waals surface area contributed by atoms with Crippen molar-refractivity contribution < 1.29 is 14.4 Å². The molecule has 30 heavy (non-hydrogen) atoms. The van der Waals surface area contributed by atoms with Crippen molar-refractivity contribution in [2.45, 2.75) is 58.6 Å². The van der Waals surface area contributed by atoms with E-state index in [1.165, 1.54) is 44.2 Å². The summed E-state index contributed by atoms with van der Waals surface area (Å²) in [4.78, 5) is 10.3. The normalized spacial score (nSPS) is 10.8. The number of benzene rings is 2. The van der Waals surface area contributed by atoms with E-state index in [1.807, 2.05) is 6.07 Å². The van der Waals surface area contributed by atoms with Gasteiger partial charge in [0.05, 0.1) is 12.0 Å². The highest BCUT2D eigenvalue weighted by molar-refractivity contribution is 6.31. The summed E-state index contributed by atoms with van der Waals surface area (Å²) in [5, 5.41) is 14.8. The largest absolute Gasteiger partial charge is 0.493 e. The van der Waals surface area contributed by atoms with Gasteiger partial charge in [-0.25, -0.2) is 0 Å². The summed E-state index contributed by atoms with van der Waals surface area (Å²) in [5.41, 5.74) is 1.84. The van der Waals surface area contributed by atoms with Gasteiger partial charge in [0.25, 0.3) is 5.69 Å². The van der Waals surface area contributed by atoms with Gasteiger partial charge in [-0.1, -0.05) is 50.6 Å². The van der Waals surface area contributed by atoms with Crippen LogP contribution in [0.1, 0.15) is 56.6 Å². The van der Waals surface area contributed by atoms with Gasteiger partial charge >= 0.3 is 0 Å². The third-order valence-electron chi connectivity index (χ3n) is 4.90. The highest BCUT2D eigenvalue weighted by Gasteiger charge is 2.11. The number of hydrogen-bond acceptors (Lipinski definition) is 5. The molecule has 0 spiro atoms. The summed E-state index contributed by atoms with van der Waals surface area (Å²) in [6.45, 7) is 4.13. The smallest absolute Gasteiger partial charge is 0.269 e. The van der Waals surface area contributed by atoms with Gasteiger partial charge in [-0.3, -0.25) is 10.1 Å². The van der Waals surface area contributed by atoms with E-state index < -0.39 is 4.92 Å². The van der Waals surface area contributed by atoms with E-state index in [0.29, 0.717) is 23.1 Å². The van der Waals surface area contributed by atoms with E-state index in [2.05, 4.69) is 12.2 Å². The number of ether oxygens (including phenoxy) is 2. The summed E-state index contributed by atoms with van der Waals surface area (Å²) in [6.07, 6.45) is 7.62. The van der Waals surface area contributed by atoms with Crippen LogP contribution in [-0.2, 0) is 13.2 Å². The van der Waals surface area contributed by atoms with Crippen LogP contribution >= 0.6 is 11.6 Å². The van der Waals surface area contributed by atoms with Gasteiger partial charge in [0.15, 0.2) is 11.5 Å². The van der Waals surface area contributed by atoms with Crippen molar-refractivity contribution in [2.24, 2.45) is 0 Å². The Kier molecular flexibility index (Phi) is 10.5. The standard InChI is InChI=1S/C23H31ClN2O4/c1-3-4-5-6-7-8-13-25-16-19-14-22(29-2)23(15-21(19)24)30-17-18-9-11-20(12-10-18)26(27)28/h9-12,14-15,25H,3-8,13,16-17H2,1-2H3. The first-order valence-corrected chi connectivity index (χ1v) is 10.9. The van der Waals surface area contributed by atoms with Crippen molar-refractivity contribution in [2.75, 3.05) is 13.7 Å². The SMILES string of the molecule is CCCCCCCCNCc1cc(OC)c(OCc2ccc([N+](=O)[O-])cc2)cc1Cl. The Bertz CT molecular complexity index is 797. The predicted molar refractivity (Wildman–Crippen MR) is 121 cm³/mol. The van der Waals surface area contributed by atoms with Crippen molar-refractivity contribution in [1.82, 2.24) is 5.32 Å². The molecular weight excluding hydrogens is 404 g/mol. The van der Waals surface area contributed by atoms with Crippen LogP contribution in [0, 0.1) is 10.1 Å². The minimum Gasteiger partial charge on any atom is -0.493 e. The zero-order valence-corrected chi connectivity index (χ0v) is 18.5. The molecule has 0 saturated carbocycles. The van der Waals surface area contributed by atoms with Gasteiger partial charge in [0.1, 0.15) is 6.61 Å². The van der Waals surface area contributed by atoms with Gasteiger partial charge in [-0.2, -0.15) is 0 Å². The van der Waals surface area contributed by atoms with Gasteiger partial charge < -0.3 is 14.8 Å². The monoisotopic (exact) mass is 434 g/mol. The summed E-state index contributed by atoms with van der Waals surface area (Å²) in [5.74, 6) is 1.15. The molecule has 0 heterocycles. The molecule has 0 aliphatic rings. The van der Waals surface area contributed by atoms with Gasteiger partial charge in [0.2, 0.25) is 0 Å². The van der Waals surface area contributed by atoms with E-state index in [1.54, 1.807) is 25.3 Å². The Hall–Kier alpha value is -2.31. The maximum absolute atomic E-state index is 10.7. The van der Waals surface area contributed by atoms with Crippen LogP contribution in [0.25, 0.3) is 0 Å². The minimum absolute atomic E-state index is 0.0530. The Labute approximate surface area is 183 Å². The maximum atomic E-state index is 10.7. The van der Waals surface area contributed by atoms with E-state index in [9.17, 15) is 10.1 Å². The number of non-ortho nitro benzene ring substituents is 1. The zero-order chi connectivity index (χ0) is 21.8. The number of unbranched alkanes of at least 4 members (excludes halogenated alkanes) is 5. The molecular formula is C23H31ClN2O4. The lowest BCUT2D eigenvalue weighted by Gasteiger charge is -2.14. The lowest BCUT2D eigenvalue weighted by atomic mass is 10.1. The Morgan fingerprint density at radius 2 is 1.73 bits per heavy atom. The number of halogens is 1. The quantitative estimate of drug-likeness (QED) is 0.215. The molecule has 6 nitrogen and oxygen atoms in total. The third kappa shape index (κ3) is 7.84. The van der Waals surface area contributed by atoms with Crippen LogP contribution in [0.5, 0.6) is 11.5 Å². The van der Waals surface area contributed by atoms with Crippen molar-refractivity contribution in [3.8, 4) is 11.5 Å². The molecule has 1 N–H and O–H groups in total. The number of nitrogens with zero attached hydrogens (tertiary/aromatic N) is 1. The van der Waals surface area contributed by atoms with Crippen LogP contribution in [0.3, 0.4) is 0 Å². The number of methoxy groups -OCH3 is 1. The topological polar surface area (TPSA) is 73.6 Å². The van der Waals surface area contributed by atoms with Crippen molar-refractivity contribution in [3.05, 3.63) is 62.7 Å². The fraction of sp³-hybridized carbons (Fsp3) is 0.478. The van der Waals surface area contributed by atoms with Gasteiger partial charge in [-0.15, -0.1) is 0 Å². The van der Waals surface area contributed by atoms with Crippen molar-refractivity contribution in [1.29, 1.82) is 0 Å². The number of nitro groups is 1. The first-order chi connectivity index (χ1) is 14.5. The second kappa shape index (κ2) is 13.1. The number of nitrogens with one attached hydrogen (secondary N) is 1. The summed E-state index contributed by atoms with van der Waals surface area (Å²) in [7, 11) is 1.59. The van der Waals surface area contributed by atoms with E-state index in [0.717, 1.165) is 24.1 Å². The lowest BCUT2D eigenvalue weighted by molar-refractivity contribution is -0.384. The fourth-order valence-corrected chi connectivity index (χ4v) is 3.33. The highest BCUT2D eigenvalue weighted by Crippen LogP contribution is 2.34. The van der Waals surface area contributed by atoms with E-state index in [-0.39, 0.29) is 12.3 Å². The summed E-state index contributed by atoms with van der Waals surface area (Å²) in [6, 6.07) is 9.91. The summed E-state index contributed by atoms with van der Waals surface area (Å²) < 4.78 is 11.3. The van der Waals surface area contributed by atoms with Crippen LogP contribution < -0.4 is 14.8 Å². The maximum Gasteiger partial charge on any atom is 0.269 e. The zero-order valence-electron chi connectivity index (χ0n) is 17.8. The molecule has 0 radical (unpaired) electrons. The Balaban J connectivity index is 1.86. The number of rotatable bonds is 14. The molecule has 0 atom stereocenters. The average molecular weight is 435 g/mol. The molecule has 0 saturated heterocycles. The summed E-state index contributed by atoms with van der Waals surface area (Å²) >= 11 is 6.44. The highest BCUT2D eigenvalue weighted by atomic mass is 35.5. The molecule has 7 heteroatoms. The van der Waals surface area contributed by atoms with E-state index in [4.69, 9.17) is 21.1 Å². The molecule has 164 valence electrons. The van der Waals surface area contributed by atoms with Gasteiger partial charge in [0, 0.05) is 29.8 Å². The van der Waals surface area contributed by atoms with Crippen LogP contribution in [-0.4, -0.2) is 18.6 Å². The van der Waals surface area contributed by atoms with Crippen molar-refractivity contribution in [3.63, 3.8) is 0 Å². The molecule has 0 aliphatic heterocycles. The van der Waals surface area contributed by atoms with Gasteiger partial charge in [-0.05, 0) is 42.3 Å². The average Bonchev–Trinajstić information content (AvgIpc) is 2.75. The molecule has 2 rings (SSSR count). The fourth-order valence-electron chi connectivity index (χ4n) is 3.11. The van der Waals surface area contributed by atoms with Crippen LogP contribution in [0.15, 0.2) is 36.4 Å². The Morgan fingerprint density at radius 3 is 2.40 bits per heavy atom. The molecule has 0 aromatic heterocycles. The molecule has 2 aromatic rings. The van der Waals surface area contributed by atoms with Crippen molar-refractivity contribution >= 4 is 17.3 Å². The second-order valence-electron chi connectivity index (χ2n) is 7.25. The number of hydrogen-bond donors (Lipinski definition) is 1. The molecule has 0 amide bonds. The van der Waals surface area contributed by atoms with Crippen LogP contribution in [0.4, 0.5) is 5.69 Å². The predicted octanol–water partition coefficient (Wildman–Crippen LogP) is 6.29. The first kappa shape index (κ1) is 24.0. The molecule has 0 bridgehead atoms. The second-order valence-corrected chi connectivity index (χ2v) is 7.66. The Morgan fingerprint density at radius 1 is 1.03 bits per heavy atom. The molecule has 0 aliphatic carbocycles. The molecule has 0 unspecified atom stereocenters.